The second-order valence-electron chi connectivity index (χ2n) is 3.91. The van der Waals surface area contributed by atoms with E-state index in [0.717, 1.165) is 11.3 Å². The molecule has 18 heavy (non-hydrogen) atoms. The Hall–Kier alpha value is -1.51. The Bertz CT molecular complexity index is 580. The number of hydrogen-bond donors (Lipinski definition) is 1. The molecule has 0 bridgehead atoms. The highest BCUT2D eigenvalue weighted by Crippen LogP contribution is 2.21. The number of benzene rings is 2. The van der Waals surface area contributed by atoms with Crippen LogP contribution in [0.5, 0.6) is 0 Å². The van der Waals surface area contributed by atoms with Crippen LogP contribution in [0.15, 0.2) is 47.6 Å². The third kappa shape index (κ3) is 3.49. The zero-order valence-electron chi connectivity index (χ0n) is 9.82. The van der Waals surface area contributed by atoms with E-state index in [1.807, 2.05) is 37.3 Å². The number of nitrogens with zero attached hydrogens (tertiary/aromatic N) is 1. The molecule has 0 atom stereocenters. The number of anilines is 1. The normalized spacial score (nSPS) is 10.8. The minimum Gasteiger partial charge on any atom is -0.278 e. The van der Waals surface area contributed by atoms with Gasteiger partial charge in [0.2, 0.25) is 0 Å². The highest BCUT2D eigenvalue weighted by atomic mass is 35.5. The first-order chi connectivity index (χ1) is 8.65. The van der Waals surface area contributed by atoms with Crippen molar-refractivity contribution in [3.63, 3.8) is 0 Å². The topological polar surface area (TPSA) is 24.4 Å². The van der Waals surface area contributed by atoms with Crippen LogP contribution < -0.4 is 5.43 Å². The fourth-order valence-corrected chi connectivity index (χ4v) is 1.80. The van der Waals surface area contributed by atoms with E-state index < -0.39 is 0 Å². The number of nitrogens with one attached hydrogen (secondary N) is 1. The summed E-state index contributed by atoms with van der Waals surface area (Å²) in [5.74, 6) is 0. The van der Waals surface area contributed by atoms with Crippen LogP contribution in [0, 0.1) is 6.92 Å². The van der Waals surface area contributed by atoms with E-state index in [4.69, 9.17) is 23.2 Å². The van der Waals surface area contributed by atoms with Crippen molar-refractivity contribution in [1.29, 1.82) is 0 Å². The van der Waals surface area contributed by atoms with Crippen molar-refractivity contribution in [2.45, 2.75) is 6.92 Å². The zero-order chi connectivity index (χ0) is 13.0. The highest BCUT2D eigenvalue weighted by Gasteiger charge is 1.97. The smallest absolute Gasteiger partial charge is 0.0598 e. The van der Waals surface area contributed by atoms with Crippen molar-refractivity contribution in [2.75, 3.05) is 5.43 Å². The van der Waals surface area contributed by atoms with E-state index >= 15 is 0 Å². The standard InChI is InChI=1S/C14H12Cl2N2/c1-10-3-2-4-12(7-10)18-17-9-11-5-6-13(15)14(16)8-11/h2-9,18H,1H3/b17-9-. The van der Waals surface area contributed by atoms with Gasteiger partial charge in [-0.25, -0.2) is 0 Å². The molecule has 0 saturated carbocycles. The zero-order valence-corrected chi connectivity index (χ0v) is 11.3. The van der Waals surface area contributed by atoms with Crippen LogP contribution in [-0.2, 0) is 0 Å². The number of halogens is 2. The van der Waals surface area contributed by atoms with Crippen LogP contribution in [0.25, 0.3) is 0 Å². The maximum absolute atomic E-state index is 5.92. The maximum atomic E-state index is 5.92. The van der Waals surface area contributed by atoms with Gasteiger partial charge >= 0.3 is 0 Å². The first kappa shape index (κ1) is 12.9. The molecule has 0 unspecified atom stereocenters. The van der Waals surface area contributed by atoms with E-state index in [1.54, 1.807) is 18.3 Å². The molecule has 0 aliphatic carbocycles. The quantitative estimate of drug-likeness (QED) is 0.636. The van der Waals surface area contributed by atoms with Crippen LogP contribution in [0.3, 0.4) is 0 Å². The average molecular weight is 279 g/mol. The molecule has 0 heterocycles. The highest BCUT2D eigenvalue weighted by molar-refractivity contribution is 6.42. The molecule has 0 saturated heterocycles. The molecular weight excluding hydrogens is 267 g/mol. The number of hydrazone groups is 1. The van der Waals surface area contributed by atoms with Gasteiger partial charge in [-0.05, 0) is 42.3 Å². The van der Waals surface area contributed by atoms with E-state index in [1.165, 1.54) is 5.56 Å². The second kappa shape index (κ2) is 5.89. The molecule has 0 aliphatic heterocycles. The Kier molecular flexibility index (Phi) is 4.24. The third-order valence-corrected chi connectivity index (χ3v) is 3.11. The molecule has 1 N–H and O–H groups in total. The number of rotatable bonds is 3. The van der Waals surface area contributed by atoms with Gasteiger partial charge in [0, 0.05) is 0 Å². The van der Waals surface area contributed by atoms with Crippen LogP contribution in [0.4, 0.5) is 5.69 Å². The lowest BCUT2D eigenvalue weighted by Gasteiger charge is -2.01. The van der Waals surface area contributed by atoms with Gasteiger partial charge in [-0.1, -0.05) is 41.4 Å². The lowest BCUT2D eigenvalue weighted by Crippen LogP contribution is -1.91. The summed E-state index contributed by atoms with van der Waals surface area (Å²) in [5, 5.41) is 5.21. The van der Waals surface area contributed by atoms with Crippen molar-refractivity contribution in [3.8, 4) is 0 Å². The molecule has 2 aromatic rings. The maximum Gasteiger partial charge on any atom is 0.0598 e. The summed E-state index contributed by atoms with van der Waals surface area (Å²) in [6.45, 7) is 2.04. The van der Waals surface area contributed by atoms with E-state index in [-0.39, 0.29) is 0 Å². The summed E-state index contributed by atoms with van der Waals surface area (Å²) >= 11 is 11.8. The lowest BCUT2D eigenvalue weighted by atomic mass is 10.2. The predicted octanol–water partition coefficient (Wildman–Crippen LogP) is 4.75. The molecular formula is C14H12Cl2N2. The summed E-state index contributed by atoms with van der Waals surface area (Å²) in [4.78, 5) is 0. The summed E-state index contributed by atoms with van der Waals surface area (Å²) in [6, 6.07) is 13.4. The Morgan fingerprint density at radius 2 is 1.89 bits per heavy atom. The minimum absolute atomic E-state index is 0.524. The van der Waals surface area contributed by atoms with Crippen LogP contribution in [0.2, 0.25) is 10.0 Å². The van der Waals surface area contributed by atoms with Crippen molar-refractivity contribution in [3.05, 3.63) is 63.6 Å². The molecule has 2 aromatic carbocycles. The van der Waals surface area contributed by atoms with Crippen molar-refractivity contribution in [2.24, 2.45) is 5.10 Å². The molecule has 2 rings (SSSR count). The van der Waals surface area contributed by atoms with Crippen molar-refractivity contribution in [1.82, 2.24) is 0 Å². The summed E-state index contributed by atoms with van der Waals surface area (Å²) in [6.07, 6.45) is 1.70. The van der Waals surface area contributed by atoms with Crippen LogP contribution in [0.1, 0.15) is 11.1 Å². The van der Waals surface area contributed by atoms with Gasteiger partial charge in [0.25, 0.3) is 0 Å². The molecule has 4 heteroatoms. The Labute approximate surface area is 116 Å². The van der Waals surface area contributed by atoms with Gasteiger partial charge < -0.3 is 0 Å². The first-order valence-corrected chi connectivity index (χ1v) is 6.21. The van der Waals surface area contributed by atoms with E-state index in [9.17, 15) is 0 Å². The molecule has 0 aliphatic rings. The summed E-state index contributed by atoms with van der Waals surface area (Å²) in [7, 11) is 0. The van der Waals surface area contributed by atoms with Crippen LogP contribution >= 0.6 is 23.2 Å². The molecule has 0 amide bonds. The molecule has 0 aromatic heterocycles. The fraction of sp³-hybridized carbons (Fsp3) is 0.0714. The van der Waals surface area contributed by atoms with Gasteiger partial charge in [-0.3, -0.25) is 5.43 Å². The average Bonchev–Trinajstić information content (AvgIpc) is 2.34. The largest absolute Gasteiger partial charge is 0.278 e. The Balaban J connectivity index is 2.05. The van der Waals surface area contributed by atoms with Gasteiger partial charge in [0.15, 0.2) is 0 Å². The number of aryl methyl sites for hydroxylation is 1. The molecule has 92 valence electrons. The Morgan fingerprint density at radius 3 is 2.61 bits per heavy atom. The van der Waals surface area contributed by atoms with E-state index in [0.29, 0.717) is 10.0 Å². The predicted molar refractivity (Wildman–Crippen MR) is 78.9 cm³/mol. The summed E-state index contributed by atoms with van der Waals surface area (Å²) in [5.41, 5.74) is 5.99. The number of hydrogen-bond acceptors (Lipinski definition) is 2. The van der Waals surface area contributed by atoms with Gasteiger partial charge in [0.1, 0.15) is 0 Å². The fourth-order valence-electron chi connectivity index (χ4n) is 1.49. The minimum atomic E-state index is 0.524. The Morgan fingerprint density at radius 1 is 1.06 bits per heavy atom. The lowest BCUT2D eigenvalue weighted by molar-refractivity contribution is 1.33. The van der Waals surface area contributed by atoms with Gasteiger partial charge in [-0.2, -0.15) is 5.10 Å². The van der Waals surface area contributed by atoms with Crippen molar-refractivity contribution < 1.29 is 0 Å². The van der Waals surface area contributed by atoms with Gasteiger partial charge in [0.05, 0.1) is 21.9 Å². The third-order valence-electron chi connectivity index (χ3n) is 2.37. The van der Waals surface area contributed by atoms with E-state index in [2.05, 4.69) is 10.5 Å². The SMILES string of the molecule is Cc1cccc(N/N=C\c2ccc(Cl)c(Cl)c2)c1. The summed E-state index contributed by atoms with van der Waals surface area (Å²) < 4.78 is 0. The molecule has 2 nitrogen and oxygen atoms in total. The van der Waals surface area contributed by atoms with Crippen LogP contribution in [-0.4, -0.2) is 6.21 Å². The van der Waals surface area contributed by atoms with Gasteiger partial charge in [-0.15, -0.1) is 0 Å². The first-order valence-electron chi connectivity index (χ1n) is 5.46. The second-order valence-corrected chi connectivity index (χ2v) is 4.73. The molecule has 0 radical (unpaired) electrons. The monoisotopic (exact) mass is 278 g/mol. The molecule has 0 spiro atoms. The molecule has 0 fully saturated rings. The van der Waals surface area contributed by atoms with Crippen molar-refractivity contribution >= 4 is 35.1 Å².